The lowest BCUT2D eigenvalue weighted by molar-refractivity contribution is -0.149. The van der Waals surface area contributed by atoms with E-state index in [0.29, 0.717) is 12.5 Å². The van der Waals surface area contributed by atoms with Crippen LogP contribution >= 0.6 is 0 Å². The Bertz CT molecular complexity index is 240. The Morgan fingerprint density at radius 1 is 1.28 bits per heavy atom. The molecule has 0 aromatic rings. The van der Waals surface area contributed by atoms with Crippen molar-refractivity contribution in [3.8, 4) is 0 Å². The summed E-state index contributed by atoms with van der Waals surface area (Å²) in [7, 11) is 0. The maximum atomic E-state index is 11.3. The largest absolute Gasteiger partial charge is 0.481 e. The molecule has 3 unspecified atom stereocenters. The van der Waals surface area contributed by atoms with E-state index in [2.05, 4.69) is 13.8 Å². The van der Waals surface area contributed by atoms with Gasteiger partial charge in [-0.15, -0.1) is 0 Å². The van der Waals surface area contributed by atoms with Crippen LogP contribution in [0.25, 0.3) is 0 Å². The van der Waals surface area contributed by atoms with Gasteiger partial charge in [0.25, 0.3) is 0 Å². The number of carboxylic acids is 1. The summed E-state index contributed by atoms with van der Waals surface area (Å²) in [5.41, 5.74) is 0. The molecule has 1 rings (SSSR count). The van der Waals surface area contributed by atoms with E-state index in [-0.39, 0.29) is 12.0 Å². The number of hydrogen-bond acceptors (Lipinski definition) is 2. The Labute approximate surface area is 111 Å². The van der Waals surface area contributed by atoms with Crippen molar-refractivity contribution in [2.45, 2.75) is 71.3 Å². The van der Waals surface area contributed by atoms with E-state index >= 15 is 0 Å². The predicted molar refractivity (Wildman–Crippen MR) is 72.6 cm³/mol. The molecular weight excluding hydrogens is 228 g/mol. The van der Waals surface area contributed by atoms with E-state index in [1.165, 1.54) is 12.8 Å². The minimum absolute atomic E-state index is 0.0675. The second kappa shape index (κ2) is 8.52. The van der Waals surface area contributed by atoms with Gasteiger partial charge in [0.1, 0.15) is 0 Å². The van der Waals surface area contributed by atoms with Crippen LogP contribution in [0.15, 0.2) is 0 Å². The summed E-state index contributed by atoms with van der Waals surface area (Å²) in [4.78, 5) is 11.3. The van der Waals surface area contributed by atoms with Crippen LogP contribution in [0.3, 0.4) is 0 Å². The average molecular weight is 256 g/mol. The maximum absolute atomic E-state index is 11.3. The van der Waals surface area contributed by atoms with Crippen LogP contribution in [0.2, 0.25) is 0 Å². The fourth-order valence-electron chi connectivity index (χ4n) is 2.80. The molecule has 0 spiro atoms. The van der Waals surface area contributed by atoms with Gasteiger partial charge in [0.15, 0.2) is 0 Å². The monoisotopic (exact) mass is 256 g/mol. The highest BCUT2D eigenvalue weighted by Gasteiger charge is 2.29. The van der Waals surface area contributed by atoms with Gasteiger partial charge in [0.2, 0.25) is 0 Å². The van der Waals surface area contributed by atoms with Crippen molar-refractivity contribution < 1.29 is 14.6 Å². The van der Waals surface area contributed by atoms with E-state index < -0.39 is 5.97 Å². The van der Waals surface area contributed by atoms with Crippen molar-refractivity contribution in [2.24, 2.45) is 11.8 Å². The van der Waals surface area contributed by atoms with Gasteiger partial charge in [-0.25, -0.2) is 0 Å². The summed E-state index contributed by atoms with van der Waals surface area (Å²) in [6.45, 7) is 5.07. The summed E-state index contributed by atoms with van der Waals surface area (Å²) in [6.07, 6.45) is 8.47. The lowest BCUT2D eigenvalue weighted by atomic mass is 9.88. The summed E-state index contributed by atoms with van der Waals surface area (Å²) in [5.74, 6) is -0.431. The number of aliphatic carboxylic acids is 1. The number of hydrogen-bond donors (Lipinski definition) is 1. The van der Waals surface area contributed by atoms with Crippen LogP contribution in [0, 0.1) is 11.8 Å². The second-order valence-corrected chi connectivity index (χ2v) is 5.70. The second-order valence-electron chi connectivity index (χ2n) is 5.70. The fourth-order valence-corrected chi connectivity index (χ4v) is 2.80. The molecule has 0 amide bonds. The zero-order valence-electron chi connectivity index (χ0n) is 11.9. The molecule has 0 aliphatic heterocycles. The molecule has 0 aromatic carbocycles. The van der Waals surface area contributed by atoms with E-state index in [1.807, 2.05) is 0 Å². The minimum Gasteiger partial charge on any atom is -0.481 e. The summed E-state index contributed by atoms with van der Waals surface area (Å²) in [5, 5.41) is 9.31. The molecule has 0 saturated heterocycles. The molecule has 0 heterocycles. The molecule has 1 fully saturated rings. The highest BCUT2D eigenvalue weighted by molar-refractivity contribution is 5.70. The number of carboxylic acid groups (broad SMARTS) is 1. The highest BCUT2D eigenvalue weighted by Crippen LogP contribution is 2.26. The van der Waals surface area contributed by atoms with Crippen molar-refractivity contribution >= 4 is 5.97 Å². The Balaban J connectivity index is 2.47. The van der Waals surface area contributed by atoms with Gasteiger partial charge in [-0.3, -0.25) is 4.79 Å². The molecule has 0 radical (unpaired) electrons. The van der Waals surface area contributed by atoms with Crippen molar-refractivity contribution in [1.82, 2.24) is 0 Å². The quantitative estimate of drug-likeness (QED) is 0.785. The van der Waals surface area contributed by atoms with Gasteiger partial charge in [-0.05, 0) is 25.2 Å². The first kappa shape index (κ1) is 15.5. The Hall–Kier alpha value is -0.570. The molecule has 3 heteroatoms. The van der Waals surface area contributed by atoms with Crippen LogP contribution in [-0.4, -0.2) is 23.8 Å². The molecule has 0 aromatic heterocycles. The third kappa shape index (κ3) is 5.38. The Kier molecular flexibility index (Phi) is 7.33. The Morgan fingerprint density at radius 2 is 1.94 bits per heavy atom. The van der Waals surface area contributed by atoms with Crippen LogP contribution in [0.5, 0.6) is 0 Å². The normalized spacial score (nSPS) is 27.2. The van der Waals surface area contributed by atoms with Gasteiger partial charge >= 0.3 is 5.97 Å². The number of carbonyl (C=O) groups is 1. The van der Waals surface area contributed by atoms with Gasteiger partial charge in [-0.2, -0.15) is 0 Å². The summed E-state index contributed by atoms with van der Waals surface area (Å²) >= 11 is 0. The predicted octanol–water partition coefficient (Wildman–Crippen LogP) is 3.86. The fraction of sp³-hybridized carbons (Fsp3) is 0.933. The van der Waals surface area contributed by atoms with Crippen molar-refractivity contribution in [3.05, 3.63) is 0 Å². The van der Waals surface area contributed by atoms with Crippen LogP contribution < -0.4 is 0 Å². The SMILES string of the molecule is CCCC(C)COC1CCCCCCC1C(=O)O. The first-order valence-electron chi connectivity index (χ1n) is 7.49. The van der Waals surface area contributed by atoms with E-state index in [4.69, 9.17) is 4.74 Å². The highest BCUT2D eigenvalue weighted by atomic mass is 16.5. The molecule has 1 saturated carbocycles. The summed E-state index contributed by atoms with van der Waals surface area (Å²) < 4.78 is 5.93. The van der Waals surface area contributed by atoms with Gasteiger partial charge in [0, 0.05) is 6.61 Å². The lowest BCUT2D eigenvalue weighted by Crippen LogP contribution is -2.32. The van der Waals surface area contributed by atoms with Crippen molar-refractivity contribution in [1.29, 1.82) is 0 Å². The smallest absolute Gasteiger partial charge is 0.309 e. The summed E-state index contributed by atoms with van der Waals surface area (Å²) in [6, 6.07) is 0. The third-order valence-corrected chi connectivity index (χ3v) is 3.90. The van der Waals surface area contributed by atoms with Crippen LogP contribution in [0.4, 0.5) is 0 Å². The molecule has 3 atom stereocenters. The molecule has 1 N–H and O–H groups in total. The van der Waals surface area contributed by atoms with Crippen molar-refractivity contribution in [3.63, 3.8) is 0 Å². The molecule has 106 valence electrons. The first-order chi connectivity index (χ1) is 8.65. The zero-order valence-corrected chi connectivity index (χ0v) is 11.9. The van der Waals surface area contributed by atoms with Gasteiger partial charge < -0.3 is 9.84 Å². The van der Waals surface area contributed by atoms with Crippen LogP contribution in [0.1, 0.15) is 65.2 Å². The minimum atomic E-state index is -0.676. The lowest BCUT2D eigenvalue weighted by Gasteiger charge is -2.27. The van der Waals surface area contributed by atoms with E-state index in [0.717, 1.165) is 38.5 Å². The molecule has 1 aliphatic rings. The topological polar surface area (TPSA) is 46.5 Å². The van der Waals surface area contributed by atoms with Gasteiger partial charge in [-0.1, -0.05) is 46.0 Å². The third-order valence-electron chi connectivity index (χ3n) is 3.90. The zero-order chi connectivity index (χ0) is 13.4. The van der Waals surface area contributed by atoms with E-state index in [9.17, 15) is 9.90 Å². The number of ether oxygens (including phenoxy) is 1. The molecule has 18 heavy (non-hydrogen) atoms. The standard InChI is InChI=1S/C15H28O3/c1-3-8-12(2)11-18-14-10-7-5-4-6-9-13(14)15(16)17/h12-14H,3-11H2,1-2H3,(H,16,17). The number of rotatable bonds is 6. The molecule has 3 nitrogen and oxygen atoms in total. The average Bonchev–Trinajstić information content (AvgIpc) is 2.27. The molecular formula is C15H28O3. The van der Waals surface area contributed by atoms with Crippen LogP contribution in [-0.2, 0) is 9.53 Å². The maximum Gasteiger partial charge on any atom is 0.309 e. The first-order valence-corrected chi connectivity index (χ1v) is 7.49. The Morgan fingerprint density at radius 3 is 2.56 bits per heavy atom. The van der Waals surface area contributed by atoms with Gasteiger partial charge in [0.05, 0.1) is 12.0 Å². The molecule has 0 bridgehead atoms. The molecule has 1 aliphatic carbocycles. The van der Waals surface area contributed by atoms with Crippen molar-refractivity contribution in [2.75, 3.05) is 6.61 Å². The van der Waals surface area contributed by atoms with E-state index in [1.54, 1.807) is 0 Å².